The summed E-state index contributed by atoms with van der Waals surface area (Å²) in [6, 6.07) is 7.85. The molecule has 1 aromatic carbocycles. The highest BCUT2D eigenvalue weighted by atomic mass is 32.1. The second kappa shape index (κ2) is 7.19. The van der Waals surface area contributed by atoms with E-state index in [9.17, 15) is 4.79 Å². The number of nitrogens with one attached hydrogen (secondary N) is 3. The molecule has 0 aliphatic heterocycles. The normalized spacial score (nSPS) is 11.9. The Hall–Kier alpha value is -1.20. The van der Waals surface area contributed by atoms with Gasteiger partial charge >= 0.3 is 6.03 Å². The summed E-state index contributed by atoms with van der Waals surface area (Å²) in [4.78, 5) is 11.5. The number of aryl methyl sites for hydroxylation is 1. The molecule has 0 saturated heterocycles. The van der Waals surface area contributed by atoms with Crippen LogP contribution in [0.4, 0.5) is 4.79 Å². The Morgan fingerprint density at radius 2 is 2.24 bits per heavy atom. The van der Waals surface area contributed by atoms with Crippen molar-refractivity contribution in [3.63, 3.8) is 0 Å². The number of benzene rings is 1. The third kappa shape index (κ3) is 5.10. The molecule has 1 rings (SSSR count). The van der Waals surface area contributed by atoms with Crippen LogP contribution >= 0.6 is 12.6 Å². The maximum Gasteiger partial charge on any atom is 0.316 e. The van der Waals surface area contributed by atoms with Crippen LogP contribution in [0.2, 0.25) is 0 Å². The van der Waals surface area contributed by atoms with Gasteiger partial charge in [0.2, 0.25) is 0 Å². The molecule has 3 N–H and O–H groups in total. The smallest absolute Gasteiger partial charge is 0.316 e. The average Bonchev–Trinajstić information content (AvgIpc) is 2.33. The molecule has 0 aliphatic rings. The van der Waals surface area contributed by atoms with E-state index in [-0.39, 0.29) is 12.2 Å². The number of carbonyl (C=O) groups is 1. The maximum atomic E-state index is 11.5. The maximum absolute atomic E-state index is 11.5. The van der Waals surface area contributed by atoms with Crippen LogP contribution in [-0.4, -0.2) is 25.0 Å². The number of carbonyl (C=O) groups excluding carboxylic acids is 1. The molecular formula is C12H19N3OS. The van der Waals surface area contributed by atoms with Gasteiger partial charge in [0.1, 0.15) is 0 Å². The molecule has 0 aromatic heterocycles. The average molecular weight is 253 g/mol. The minimum atomic E-state index is -0.195. The van der Waals surface area contributed by atoms with Gasteiger partial charge in [0.05, 0.1) is 6.17 Å². The van der Waals surface area contributed by atoms with E-state index in [4.69, 9.17) is 0 Å². The largest absolute Gasteiger partial charge is 0.334 e. The van der Waals surface area contributed by atoms with Gasteiger partial charge in [0, 0.05) is 12.3 Å². The zero-order valence-corrected chi connectivity index (χ0v) is 11.1. The molecule has 0 fully saturated rings. The number of thiol groups is 1. The lowest BCUT2D eigenvalue weighted by Crippen LogP contribution is -2.49. The van der Waals surface area contributed by atoms with Crippen LogP contribution in [0.1, 0.15) is 11.1 Å². The lowest BCUT2D eigenvalue weighted by Gasteiger charge is -2.16. The molecule has 0 bridgehead atoms. The molecule has 0 aliphatic carbocycles. The van der Waals surface area contributed by atoms with Crippen LogP contribution in [0.5, 0.6) is 0 Å². The van der Waals surface area contributed by atoms with E-state index >= 15 is 0 Å². The first kappa shape index (κ1) is 13.9. The lowest BCUT2D eigenvalue weighted by molar-refractivity contribution is 0.236. The van der Waals surface area contributed by atoms with Crippen LogP contribution in [-0.2, 0) is 6.54 Å². The zero-order chi connectivity index (χ0) is 12.7. The lowest BCUT2D eigenvalue weighted by atomic mass is 10.1. The fourth-order valence-corrected chi connectivity index (χ4v) is 1.70. The van der Waals surface area contributed by atoms with E-state index in [1.807, 2.05) is 25.1 Å². The van der Waals surface area contributed by atoms with Crippen LogP contribution in [0.25, 0.3) is 0 Å². The molecule has 0 saturated carbocycles. The van der Waals surface area contributed by atoms with Crippen molar-refractivity contribution in [1.82, 2.24) is 16.0 Å². The monoisotopic (exact) mass is 253 g/mol. The quantitative estimate of drug-likeness (QED) is 0.472. The fourth-order valence-electron chi connectivity index (χ4n) is 1.42. The minimum Gasteiger partial charge on any atom is -0.334 e. The first-order valence-corrected chi connectivity index (χ1v) is 6.17. The fraction of sp³-hybridized carbons (Fsp3) is 0.417. The summed E-state index contributed by atoms with van der Waals surface area (Å²) in [6.45, 7) is 2.55. The highest BCUT2D eigenvalue weighted by Gasteiger charge is 2.07. The topological polar surface area (TPSA) is 53.2 Å². The Morgan fingerprint density at radius 3 is 2.82 bits per heavy atom. The first-order chi connectivity index (χ1) is 8.15. The van der Waals surface area contributed by atoms with Gasteiger partial charge in [-0.1, -0.05) is 29.8 Å². The second-order valence-corrected chi connectivity index (χ2v) is 4.21. The van der Waals surface area contributed by atoms with Gasteiger partial charge in [-0.15, -0.1) is 0 Å². The third-order valence-electron chi connectivity index (χ3n) is 2.37. The van der Waals surface area contributed by atoms with E-state index in [1.54, 1.807) is 7.05 Å². The SMILES string of the molecule is CNC(CS)NC(=O)NCc1cccc(C)c1. The number of rotatable bonds is 5. The Balaban J connectivity index is 2.38. The number of amides is 2. The molecule has 17 heavy (non-hydrogen) atoms. The second-order valence-electron chi connectivity index (χ2n) is 3.84. The molecule has 1 unspecified atom stereocenters. The zero-order valence-electron chi connectivity index (χ0n) is 10.2. The van der Waals surface area contributed by atoms with Gasteiger partial charge < -0.3 is 10.6 Å². The Kier molecular flexibility index (Phi) is 5.86. The van der Waals surface area contributed by atoms with Gasteiger partial charge in [-0.25, -0.2) is 4.79 Å². The van der Waals surface area contributed by atoms with E-state index in [2.05, 4.69) is 34.6 Å². The molecule has 5 heteroatoms. The van der Waals surface area contributed by atoms with E-state index in [0.717, 1.165) is 5.56 Å². The summed E-state index contributed by atoms with van der Waals surface area (Å²) >= 11 is 4.12. The molecule has 94 valence electrons. The number of hydrogen-bond donors (Lipinski definition) is 4. The van der Waals surface area contributed by atoms with Gasteiger partial charge in [-0.3, -0.25) is 5.32 Å². The highest BCUT2D eigenvalue weighted by Crippen LogP contribution is 2.02. The van der Waals surface area contributed by atoms with Gasteiger partial charge in [-0.2, -0.15) is 12.6 Å². The summed E-state index contributed by atoms with van der Waals surface area (Å²) in [5.74, 6) is 0.550. The number of hydrogen-bond acceptors (Lipinski definition) is 3. The van der Waals surface area contributed by atoms with E-state index in [1.165, 1.54) is 5.56 Å². The van der Waals surface area contributed by atoms with Gasteiger partial charge in [-0.05, 0) is 19.5 Å². The predicted molar refractivity (Wildman–Crippen MR) is 73.3 cm³/mol. The molecule has 2 amide bonds. The van der Waals surface area contributed by atoms with E-state index < -0.39 is 0 Å². The van der Waals surface area contributed by atoms with Crippen LogP contribution < -0.4 is 16.0 Å². The molecule has 0 heterocycles. The summed E-state index contributed by atoms with van der Waals surface area (Å²) in [5, 5.41) is 8.51. The number of urea groups is 1. The highest BCUT2D eigenvalue weighted by molar-refractivity contribution is 7.80. The first-order valence-electron chi connectivity index (χ1n) is 5.53. The van der Waals surface area contributed by atoms with Crippen molar-refractivity contribution in [2.75, 3.05) is 12.8 Å². The minimum absolute atomic E-state index is 0.115. The van der Waals surface area contributed by atoms with Gasteiger partial charge in [0.15, 0.2) is 0 Å². The molecule has 0 spiro atoms. The van der Waals surface area contributed by atoms with E-state index in [0.29, 0.717) is 12.3 Å². The van der Waals surface area contributed by atoms with Crippen molar-refractivity contribution in [3.8, 4) is 0 Å². The van der Waals surface area contributed by atoms with Crippen molar-refractivity contribution in [1.29, 1.82) is 0 Å². The molecule has 1 aromatic rings. The van der Waals surface area contributed by atoms with Crippen molar-refractivity contribution in [3.05, 3.63) is 35.4 Å². The standard InChI is InChI=1S/C12H19N3OS/c1-9-4-3-5-10(6-9)7-14-12(16)15-11(8-17)13-2/h3-6,11,13,17H,7-8H2,1-2H3,(H2,14,15,16). The third-order valence-corrected chi connectivity index (χ3v) is 2.74. The molecule has 0 radical (unpaired) electrons. The van der Waals surface area contributed by atoms with Crippen LogP contribution in [0, 0.1) is 6.92 Å². The summed E-state index contributed by atoms with van der Waals surface area (Å²) in [6.07, 6.45) is -0.115. The summed E-state index contributed by atoms with van der Waals surface area (Å²) in [5.41, 5.74) is 2.28. The van der Waals surface area contributed by atoms with Crippen LogP contribution in [0.15, 0.2) is 24.3 Å². The Labute approximate surface area is 108 Å². The molecule has 1 atom stereocenters. The Bertz CT molecular complexity index is 367. The molecule has 4 nitrogen and oxygen atoms in total. The predicted octanol–water partition coefficient (Wildman–Crippen LogP) is 1.27. The summed E-state index contributed by atoms with van der Waals surface area (Å²) in [7, 11) is 1.78. The van der Waals surface area contributed by atoms with Crippen molar-refractivity contribution < 1.29 is 4.79 Å². The van der Waals surface area contributed by atoms with Crippen LogP contribution in [0.3, 0.4) is 0 Å². The van der Waals surface area contributed by atoms with Crippen molar-refractivity contribution in [2.24, 2.45) is 0 Å². The Morgan fingerprint density at radius 1 is 1.47 bits per heavy atom. The molecular weight excluding hydrogens is 234 g/mol. The van der Waals surface area contributed by atoms with Crippen molar-refractivity contribution >= 4 is 18.7 Å². The summed E-state index contributed by atoms with van der Waals surface area (Å²) < 4.78 is 0. The van der Waals surface area contributed by atoms with Crippen molar-refractivity contribution in [2.45, 2.75) is 19.6 Å². The van der Waals surface area contributed by atoms with Gasteiger partial charge in [0.25, 0.3) is 0 Å².